The largest absolute Gasteiger partial charge is 0.490 e. The summed E-state index contributed by atoms with van der Waals surface area (Å²) >= 11 is 0. The van der Waals surface area contributed by atoms with E-state index in [2.05, 4.69) is 5.32 Å². The van der Waals surface area contributed by atoms with E-state index in [0.29, 0.717) is 6.61 Å². The number of benzene rings is 1. The van der Waals surface area contributed by atoms with Gasteiger partial charge in [-0.1, -0.05) is 12.1 Å². The zero-order valence-electron chi connectivity index (χ0n) is 6.63. The SMILES string of the molecule is N=Cc1cccc2c1NCCO2. The number of ether oxygens (including phenoxy) is 1. The first kappa shape index (κ1) is 7.16. The van der Waals surface area contributed by atoms with Gasteiger partial charge in [0, 0.05) is 18.3 Å². The predicted octanol–water partition coefficient (Wildman–Crippen LogP) is 1.49. The molecule has 1 aromatic rings. The third-order valence-corrected chi connectivity index (χ3v) is 1.88. The van der Waals surface area contributed by atoms with E-state index in [4.69, 9.17) is 10.1 Å². The highest BCUT2D eigenvalue weighted by molar-refractivity contribution is 5.88. The van der Waals surface area contributed by atoms with Crippen LogP contribution in [0.4, 0.5) is 5.69 Å². The van der Waals surface area contributed by atoms with Crippen LogP contribution in [0.2, 0.25) is 0 Å². The van der Waals surface area contributed by atoms with Crippen LogP contribution in [0.15, 0.2) is 18.2 Å². The third kappa shape index (κ3) is 1.03. The summed E-state index contributed by atoms with van der Waals surface area (Å²) in [5.41, 5.74) is 1.82. The van der Waals surface area contributed by atoms with Gasteiger partial charge in [0.15, 0.2) is 0 Å². The van der Waals surface area contributed by atoms with Gasteiger partial charge >= 0.3 is 0 Å². The van der Waals surface area contributed by atoms with Crippen LogP contribution in [0.25, 0.3) is 0 Å². The smallest absolute Gasteiger partial charge is 0.143 e. The lowest BCUT2D eigenvalue weighted by atomic mass is 10.1. The summed E-state index contributed by atoms with van der Waals surface area (Å²) < 4.78 is 5.40. The molecule has 0 unspecified atom stereocenters. The van der Waals surface area contributed by atoms with Crippen molar-refractivity contribution in [2.75, 3.05) is 18.5 Å². The molecular weight excluding hydrogens is 152 g/mol. The summed E-state index contributed by atoms with van der Waals surface area (Å²) in [6.07, 6.45) is 1.33. The van der Waals surface area contributed by atoms with Gasteiger partial charge in [0.1, 0.15) is 12.4 Å². The van der Waals surface area contributed by atoms with Gasteiger partial charge in [0.25, 0.3) is 0 Å². The first-order valence-electron chi connectivity index (χ1n) is 3.92. The molecule has 0 saturated carbocycles. The summed E-state index contributed by atoms with van der Waals surface area (Å²) in [6, 6.07) is 5.70. The van der Waals surface area contributed by atoms with E-state index in [9.17, 15) is 0 Å². The zero-order valence-corrected chi connectivity index (χ0v) is 6.63. The first-order valence-corrected chi connectivity index (χ1v) is 3.92. The van der Waals surface area contributed by atoms with Crippen LogP contribution >= 0.6 is 0 Å². The molecular formula is C9H10N2O. The number of para-hydroxylation sites is 1. The number of hydrogen-bond donors (Lipinski definition) is 2. The Kier molecular flexibility index (Phi) is 1.70. The average molecular weight is 162 g/mol. The fourth-order valence-electron chi connectivity index (χ4n) is 1.31. The first-order chi connectivity index (χ1) is 5.92. The molecule has 0 bridgehead atoms. The van der Waals surface area contributed by atoms with Crippen LogP contribution in [0.5, 0.6) is 5.75 Å². The van der Waals surface area contributed by atoms with Gasteiger partial charge in [0.2, 0.25) is 0 Å². The molecule has 2 rings (SSSR count). The van der Waals surface area contributed by atoms with E-state index in [1.165, 1.54) is 6.21 Å². The second-order valence-corrected chi connectivity index (χ2v) is 2.64. The molecule has 1 aliphatic rings. The van der Waals surface area contributed by atoms with Crippen LogP contribution in [0, 0.1) is 5.41 Å². The van der Waals surface area contributed by atoms with E-state index in [1.807, 2.05) is 18.2 Å². The van der Waals surface area contributed by atoms with E-state index < -0.39 is 0 Å². The number of rotatable bonds is 1. The molecule has 0 spiro atoms. The second kappa shape index (κ2) is 2.85. The van der Waals surface area contributed by atoms with Crippen molar-refractivity contribution in [2.24, 2.45) is 0 Å². The summed E-state index contributed by atoms with van der Waals surface area (Å²) in [5, 5.41) is 10.4. The van der Waals surface area contributed by atoms with Gasteiger partial charge in [-0.05, 0) is 6.07 Å². The highest BCUT2D eigenvalue weighted by Crippen LogP contribution is 2.29. The van der Waals surface area contributed by atoms with E-state index >= 15 is 0 Å². The number of anilines is 1. The molecule has 62 valence electrons. The van der Waals surface area contributed by atoms with Crippen LogP contribution in [-0.4, -0.2) is 19.4 Å². The second-order valence-electron chi connectivity index (χ2n) is 2.64. The maximum atomic E-state index is 7.16. The number of nitrogens with one attached hydrogen (secondary N) is 2. The highest BCUT2D eigenvalue weighted by Gasteiger charge is 2.11. The van der Waals surface area contributed by atoms with Crippen molar-refractivity contribution in [3.05, 3.63) is 23.8 Å². The molecule has 12 heavy (non-hydrogen) atoms. The summed E-state index contributed by atoms with van der Waals surface area (Å²) in [4.78, 5) is 0. The molecule has 1 aromatic carbocycles. The summed E-state index contributed by atoms with van der Waals surface area (Å²) in [5.74, 6) is 0.849. The average Bonchev–Trinajstić information content (AvgIpc) is 2.17. The molecule has 0 fully saturated rings. The molecule has 1 heterocycles. The molecule has 0 saturated heterocycles. The van der Waals surface area contributed by atoms with Gasteiger partial charge < -0.3 is 15.5 Å². The number of hydrogen-bond acceptors (Lipinski definition) is 3. The van der Waals surface area contributed by atoms with Gasteiger partial charge in [-0.3, -0.25) is 0 Å². The summed E-state index contributed by atoms with van der Waals surface area (Å²) in [6.45, 7) is 1.52. The van der Waals surface area contributed by atoms with Gasteiger partial charge in [-0.2, -0.15) is 0 Å². The summed E-state index contributed by atoms with van der Waals surface area (Å²) in [7, 11) is 0. The quantitative estimate of drug-likeness (QED) is 0.614. The molecule has 3 nitrogen and oxygen atoms in total. The van der Waals surface area contributed by atoms with Crippen LogP contribution < -0.4 is 10.1 Å². The Morgan fingerprint density at radius 1 is 1.50 bits per heavy atom. The molecule has 2 N–H and O–H groups in total. The fourth-order valence-corrected chi connectivity index (χ4v) is 1.31. The van der Waals surface area contributed by atoms with E-state index in [0.717, 1.165) is 23.5 Å². The van der Waals surface area contributed by atoms with Crippen molar-refractivity contribution in [2.45, 2.75) is 0 Å². The Hall–Kier alpha value is -1.51. The molecule has 0 aromatic heterocycles. The van der Waals surface area contributed by atoms with Crippen molar-refractivity contribution in [3.8, 4) is 5.75 Å². The Balaban J connectivity index is 2.51. The van der Waals surface area contributed by atoms with Gasteiger partial charge in [-0.25, -0.2) is 0 Å². The van der Waals surface area contributed by atoms with Crippen molar-refractivity contribution in [1.29, 1.82) is 5.41 Å². The van der Waals surface area contributed by atoms with Crippen molar-refractivity contribution in [3.63, 3.8) is 0 Å². The van der Waals surface area contributed by atoms with E-state index in [1.54, 1.807) is 0 Å². The lowest BCUT2D eigenvalue weighted by Gasteiger charge is -2.20. The monoisotopic (exact) mass is 162 g/mol. The topological polar surface area (TPSA) is 45.1 Å². The molecule has 0 radical (unpaired) electrons. The van der Waals surface area contributed by atoms with Crippen molar-refractivity contribution < 1.29 is 4.74 Å². The van der Waals surface area contributed by atoms with E-state index in [-0.39, 0.29) is 0 Å². The van der Waals surface area contributed by atoms with Crippen LogP contribution in [0.3, 0.4) is 0 Å². The normalized spacial score (nSPS) is 14.0. The Labute approximate surface area is 70.9 Å². The molecule has 0 atom stereocenters. The lowest BCUT2D eigenvalue weighted by Crippen LogP contribution is -2.19. The van der Waals surface area contributed by atoms with Gasteiger partial charge in [-0.15, -0.1) is 0 Å². The minimum Gasteiger partial charge on any atom is -0.490 e. The molecule has 0 aliphatic carbocycles. The standard InChI is InChI=1S/C9H10N2O/c10-6-7-2-1-3-8-9(7)11-4-5-12-8/h1-3,6,10-11H,4-5H2. The van der Waals surface area contributed by atoms with Gasteiger partial charge in [0.05, 0.1) is 5.69 Å². The van der Waals surface area contributed by atoms with Crippen LogP contribution in [0.1, 0.15) is 5.56 Å². The maximum Gasteiger partial charge on any atom is 0.143 e. The predicted molar refractivity (Wildman–Crippen MR) is 48.3 cm³/mol. The third-order valence-electron chi connectivity index (χ3n) is 1.88. The zero-order chi connectivity index (χ0) is 8.39. The van der Waals surface area contributed by atoms with Crippen molar-refractivity contribution in [1.82, 2.24) is 0 Å². The maximum absolute atomic E-state index is 7.16. The highest BCUT2D eigenvalue weighted by atomic mass is 16.5. The fraction of sp³-hybridized carbons (Fsp3) is 0.222. The molecule has 1 aliphatic heterocycles. The molecule has 0 amide bonds. The minimum atomic E-state index is 0.703. The lowest BCUT2D eigenvalue weighted by molar-refractivity contribution is 0.323. The Morgan fingerprint density at radius 3 is 3.25 bits per heavy atom. The Morgan fingerprint density at radius 2 is 2.42 bits per heavy atom. The Bertz CT molecular complexity index is 309. The minimum absolute atomic E-state index is 0.703. The number of fused-ring (bicyclic) bond motifs is 1. The van der Waals surface area contributed by atoms with Crippen molar-refractivity contribution >= 4 is 11.9 Å². The van der Waals surface area contributed by atoms with Crippen LogP contribution in [-0.2, 0) is 0 Å². The molecule has 3 heteroatoms.